The van der Waals surface area contributed by atoms with E-state index in [9.17, 15) is 8.78 Å². The molecular formula is C8H9F2NO2. The molecule has 0 saturated heterocycles. The minimum Gasteiger partial charge on any atom is -0.506 e. The maximum absolute atomic E-state index is 12.2. The molecule has 1 N–H and O–H groups in total. The monoisotopic (exact) mass is 189 g/mol. The summed E-state index contributed by atoms with van der Waals surface area (Å²) in [6, 6.07) is 1.13. The molecule has 1 rings (SSSR count). The van der Waals surface area contributed by atoms with Crippen molar-refractivity contribution < 1.29 is 18.6 Å². The van der Waals surface area contributed by atoms with Gasteiger partial charge in [0.25, 0.3) is 6.43 Å². The van der Waals surface area contributed by atoms with E-state index in [4.69, 9.17) is 9.84 Å². The molecule has 0 aliphatic carbocycles. The first kappa shape index (κ1) is 9.70. The molecule has 0 spiro atoms. The van der Waals surface area contributed by atoms with E-state index in [-0.39, 0.29) is 0 Å². The lowest BCUT2D eigenvalue weighted by Crippen LogP contribution is -1.96. The van der Waals surface area contributed by atoms with Gasteiger partial charge in [-0.2, -0.15) is 0 Å². The van der Waals surface area contributed by atoms with Crippen LogP contribution in [0.2, 0.25) is 0 Å². The third-order valence-electron chi connectivity index (χ3n) is 1.60. The van der Waals surface area contributed by atoms with E-state index in [0.717, 1.165) is 6.07 Å². The number of aromatic hydroxyl groups is 1. The second-order valence-electron chi connectivity index (χ2n) is 2.48. The van der Waals surface area contributed by atoms with Crippen LogP contribution in [0.15, 0.2) is 6.07 Å². The summed E-state index contributed by atoms with van der Waals surface area (Å²) in [6.45, 7) is 1.53. The van der Waals surface area contributed by atoms with Crippen LogP contribution >= 0.6 is 0 Å². The SMILES string of the molecule is COc1cc(O)c(C(F)F)nc1C. The molecule has 72 valence electrons. The lowest BCUT2D eigenvalue weighted by Gasteiger charge is -2.07. The molecule has 3 nitrogen and oxygen atoms in total. The number of rotatable bonds is 2. The van der Waals surface area contributed by atoms with Gasteiger partial charge in [-0.1, -0.05) is 0 Å². The maximum atomic E-state index is 12.2. The summed E-state index contributed by atoms with van der Waals surface area (Å²) in [6.07, 6.45) is -2.77. The first-order chi connectivity index (χ1) is 6.06. The van der Waals surface area contributed by atoms with Crippen molar-refractivity contribution in [1.29, 1.82) is 0 Å². The Kier molecular flexibility index (Phi) is 2.65. The average Bonchev–Trinajstić information content (AvgIpc) is 2.07. The molecule has 0 fully saturated rings. The molecule has 0 aromatic carbocycles. The molecular weight excluding hydrogens is 180 g/mol. The topological polar surface area (TPSA) is 42.4 Å². The van der Waals surface area contributed by atoms with Crippen LogP contribution in [0.4, 0.5) is 8.78 Å². The Hall–Kier alpha value is -1.39. The van der Waals surface area contributed by atoms with Crippen molar-refractivity contribution >= 4 is 0 Å². The molecule has 0 saturated carbocycles. The Morgan fingerprint density at radius 3 is 2.62 bits per heavy atom. The third kappa shape index (κ3) is 1.85. The van der Waals surface area contributed by atoms with E-state index >= 15 is 0 Å². The van der Waals surface area contributed by atoms with Crippen LogP contribution in [0.3, 0.4) is 0 Å². The predicted octanol–water partition coefficient (Wildman–Crippen LogP) is 2.04. The summed E-state index contributed by atoms with van der Waals surface area (Å²) in [5.74, 6) is -0.251. The number of halogens is 2. The fraction of sp³-hybridized carbons (Fsp3) is 0.375. The largest absolute Gasteiger partial charge is 0.506 e. The Balaban J connectivity index is 3.20. The van der Waals surface area contributed by atoms with Crippen molar-refractivity contribution in [1.82, 2.24) is 4.98 Å². The van der Waals surface area contributed by atoms with Crippen LogP contribution in [-0.4, -0.2) is 17.2 Å². The van der Waals surface area contributed by atoms with Gasteiger partial charge in [-0.15, -0.1) is 0 Å². The molecule has 0 aliphatic rings. The summed E-state index contributed by atoms with van der Waals surface area (Å²) < 4.78 is 29.2. The molecule has 0 unspecified atom stereocenters. The smallest absolute Gasteiger partial charge is 0.284 e. The number of aromatic nitrogens is 1. The van der Waals surface area contributed by atoms with E-state index in [1.807, 2.05) is 0 Å². The molecule has 0 amide bonds. The molecule has 13 heavy (non-hydrogen) atoms. The van der Waals surface area contributed by atoms with Crippen LogP contribution in [0.1, 0.15) is 17.8 Å². The van der Waals surface area contributed by atoms with Gasteiger partial charge in [0.2, 0.25) is 0 Å². The summed E-state index contributed by atoms with van der Waals surface area (Å²) in [5, 5.41) is 9.09. The summed E-state index contributed by atoms with van der Waals surface area (Å²) >= 11 is 0. The lowest BCUT2D eigenvalue weighted by molar-refractivity contribution is 0.141. The highest BCUT2D eigenvalue weighted by Crippen LogP contribution is 2.30. The number of pyridine rings is 1. The van der Waals surface area contributed by atoms with E-state index in [0.29, 0.717) is 11.4 Å². The van der Waals surface area contributed by atoms with Crippen LogP contribution in [-0.2, 0) is 0 Å². The van der Waals surface area contributed by atoms with Gasteiger partial charge >= 0.3 is 0 Å². The Bertz CT molecular complexity index is 315. The summed E-state index contributed by atoms with van der Waals surface area (Å²) in [4.78, 5) is 3.52. The van der Waals surface area contributed by atoms with Crippen LogP contribution < -0.4 is 4.74 Å². The first-order valence-electron chi connectivity index (χ1n) is 3.59. The average molecular weight is 189 g/mol. The van der Waals surface area contributed by atoms with Gasteiger partial charge in [-0.25, -0.2) is 13.8 Å². The molecule has 0 bridgehead atoms. The van der Waals surface area contributed by atoms with Gasteiger partial charge in [-0.05, 0) is 6.92 Å². The highest BCUT2D eigenvalue weighted by Gasteiger charge is 2.16. The Labute approximate surface area is 74.0 Å². The van der Waals surface area contributed by atoms with Gasteiger partial charge in [0.15, 0.2) is 0 Å². The van der Waals surface area contributed by atoms with Gasteiger partial charge in [0.1, 0.15) is 17.2 Å². The van der Waals surface area contributed by atoms with Crippen molar-refractivity contribution in [2.45, 2.75) is 13.3 Å². The highest BCUT2D eigenvalue weighted by atomic mass is 19.3. The van der Waals surface area contributed by atoms with Gasteiger partial charge in [0.05, 0.1) is 12.8 Å². The predicted molar refractivity (Wildman–Crippen MR) is 42.1 cm³/mol. The number of hydrogen-bond acceptors (Lipinski definition) is 3. The van der Waals surface area contributed by atoms with Gasteiger partial charge < -0.3 is 9.84 Å². The van der Waals surface area contributed by atoms with Gasteiger partial charge in [0, 0.05) is 6.07 Å². The Morgan fingerprint density at radius 2 is 2.15 bits per heavy atom. The van der Waals surface area contributed by atoms with Crippen LogP contribution in [0, 0.1) is 6.92 Å². The molecule has 1 heterocycles. The molecule has 0 aliphatic heterocycles. The quantitative estimate of drug-likeness (QED) is 0.774. The Morgan fingerprint density at radius 1 is 1.54 bits per heavy atom. The van der Waals surface area contributed by atoms with Crippen LogP contribution in [0.25, 0.3) is 0 Å². The first-order valence-corrected chi connectivity index (χ1v) is 3.59. The van der Waals surface area contributed by atoms with Crippen molar-refractivity contribution in [2.24, 2.45) is 0 Å². The normalized spacial score (nSPS) is 10.5. The second kappa shape index (κ2) is 3.55. The maximum Gasteiger partial charge on any atom is 0.284 e. The van der Waals surface area contributed by atoms with E-state index in [1.54, 1.807) is 0 Å². The molecule has 5 heteroatoms. The van der Waals surface area contributed by atoms with E-state index in [1.165, 1.54) is 14.0 Å². The number of nitrogens with zero attached hydrogens (tertiary/aromatic N) is 1. The summed E-state index contributed by atoms with van der Waals surface area (Å²) in [7, 11) is 1.38. The minimum absolute atomic E-state index is 0.293. The summed E-state index contributed by atoms with van der Waals surface area (Å²) in [5.41, 5.74) is -0.283. The molecule has 1 aromatic heterocycles. The van der Waals surface area contributed by atoms with Crippen molar-refractivity contribution in [3.8, 4) is 11.5 Å². The number of ether oxygens (including phenoxy) is 1. The zero-order valence-corrected chi connectivity index (χ0v) is 7.21. The van der Waals surface area contributed by atoms with E-state index < -0.39 is 17.9 Å². The molecule has 0 radical (unpaired) electrons. The zero-order valence-electron chi connectivity index (χ0n) is 7.21. The molecule has 1 aromatic rings. The highest BCUT2D eigenvalue weighted by molar-refractivity contribution is 5.38. The fourth-order valence-electron chi connectivity index (χ4n) is 0.963. The third-order valence-corrected chi connectivity index (χ3v) is 1.60. The van der Waals surface area contributed by atoms with Crippen molar-refractivity contribution in [3.63, 3.8) is 0 Å². The minimum atomic E-state index is -2.77. The number of alkyl halides is 2. The standard InChI is InChI=1S/C8H9F2NO2/c1-4-6(13-2)3-5(12)7(11-4)8(9)10/h3,8,12H,1-2H3. The van der Waals surface area contributed by atoms with E-state index in [2.05, 4.69) is 4.98 Å². The van der Waals surface area contributed by atoms with Crippen molar-refractivity contribution in [2.75, 3.05) is 7.11 Å². The second-order valence-corrected chi connectivity index (χ2v) is 2.48. The number of hydrogen-bond donors (Lipinski definition) is 1. The number of aryl methyl sites for hydroxylation is 1. The van der Waals surface area contributed by atoms with Gasteiger partial charge in [-0.3, -0.25) is 0 Å². The van der Waals surface area contributed by atoms with Crippen LogP contribution in [0.5, 0.6) is 11.5 Å². The lowest BCUT2D eigenvalue weighted by atomic mass is 10.2. The molecule has 0 atom stereocenters. The van der Waals surface area contributed by atoms with Crippen molar-refractivity contribution in [3.05, 3.63) is 17.5 Å². The number of methoxy groups -OCH3 is 1. The zero-order chi connectivity index (χ0) is 10.0. The fourth-order valence-corrected chi connectivity index (χ4v) is 0.963.